The van der Waals surface area contributed by atoms with Gasteiger partial charge in [-0.25, -0.2) is 9.37 Å². The Labute approximate surface area is 106 Å². The lowest BCUT2D eigenvalue weighted by atomic mass is 10.1. The summed E-state index contributed by atoms with van der Waals surface area (Å²) in [6.07, 6.45) is 0. The lowest BCUT2D eigenvalue weighted by molar-refractivity contribution is 0.631. The Hall–Kier alpha value is -0.930. The molecule has 0 amide bonds. The second kappa shape index (κ2) is 4.93. The number of aromatic nitrogens is 1. The van der Waals surface area contributed by atoms with Gasteiger partial charge in [-0.2, -0.15) is 0 Å². The zero-order chi connectivity index (χ0) is 11.5. The van der Waals surface area contributed by atoms with Gasteiger partial charge in [-0.1, -0.05) is 45.7 Å². The molecule has 1 nitrogen and oxygen atoms in total. The van der Waals surface area contributed by atoms with Crippen molar-refractivity contribution in [2.45, 2.75) is 5.33 Å². The summed E-state index contributed by atoms with van der Waals surface area (Å²) in [6, 6.07) is 10.1. The van der Waals surface area contributed by atoms with Crippen molar-refractivity contribution in [2.24, 2.45) is 0 Å². The van der Waals surface area contributed by atoms with E-state index in [9.17, 15) is 4.39 Å². The van der Waals surface area contributed by atoms with Crippen LogP contribution in [0.1, 0.15) is 5.69 Å². The predicted molar refractivity (Wildman–Crippen MR) is 67.3 cm³/mol. The normalized spacial score (nSPS) is 10.4. The predicted octanol–water partition coefficient (Wildman–Crippen LogP) is 4.44. The Morgan fingerprint density at radius 2 is 1.88 bits per heavy atom. The van der Waals surface area contributed by atoms with Gasteiger partial charge in [0.05, 0.1) is 5.69 Å². The first-order chi connectivity index (χ1) is 7.72. The van der Waals surface area contributed by atoms with Gasteiger partial charge in [-0.15, -0.1) is 0 Å². The van der Waals surface area contributed by atoms with Crippen LogP contribution in [0.4, 0.5) is 4.39 Å². The molecule has 0 fully saturated rings. The van der Waals surface area contributed by atoms with Crippen molar-refractivity contribution in [3.05, 3.63) is 53.1 Å². The van der Waals surface area contributed by atoms with Crippen LogP contribution in [0, 0.1) is 5.82 Å². The molecule has 0 bridgehead atoms. The Bertz CT molecular complexity index is 516. The minimum absolute atomic E-state index is 0.294. The van der Waals surface area contributed by atoms with Crippen LogP contribution in [-0.2, 0) is 5.33 Å². The van der Waals surface area contributed by atoms with Crippen LogP contribution in [0.5, 0.6) is 0 Å². The average molecular weight is 301 g/mol. The summed E-state index contributed by atoms with van der Waals surface area (Å²) in [7, 11) is 0. The van der Waals surface area contributed by atoms with Crippen LogP contribution in [0.15, 0.2) is 36.4 Å². The van der Waals surface area contributed by atoms with Gasteiger partial charge in [-0.05, 0) is 18.2 Å². The lowest BCUT2D eigenvalue weighted by Crippen LogP contribution is -1.90. The van der Waals surface area contributed by atoms with Crippen molar-refractivity contribution in [3.8, 4) is 11.1 Å². The fourth-order valence-corrected chi connectivity index (χ4v) is 2.01. The maximum absolute atomic E-state index is 13.5. The van der Waals surface area contributed by atoms with E-state index in [0.717, 1.165) is 5.69 Å². The van der Waals surface area contributed by atoms with Crippen molar-refractivity contribution in [1.29, 1.82) is 0 Å². The van der Waals surface area contributed by atoms with Crippen LogP contribution < -0.4 is 0 Å². The van der Waals surface area contributed by atoms with Gasteiger partial charge in [-0.3, -0.25) is 0 Å². The van der Waals surface area contributed by atoms with Gasteiger partial charge >= 0.3 is 0 Å². The number of alkyl halides is 1. The Morgan fingerprint density at radius 1 is 1.12 bits per heavy atom. The smallest absolute Gasteiger partial charge is 0.137 e. The van der Waals surface area contributed by atoms with Gasteiger partial charge < -0.3 is 0 Å². The number of rotatable bonds is 2. The molecule has 0 aliphatic carbocycles. The molecule has 0 saturated heterocycles. The molecule has 0 spiro atoms. The average Bonchev–Trinajstić information content (AvgIpc) is 2.30. The molecule has 16 heavy (non-hydrogen) atoms. The summed E-state index contributed by atoms with van der Waals surface area (Å²) in [5.74, 6) is -0.294. The third kappa shape index (κ3) is 2.25. The van der Waals surface area contributed by atoms with E-state index in [-0.39, 0.29) is 5.82 Å². The second-order valence-corrected chi connectivity index (χ2v) is 4.17. The van der Waals surface area contributed by atoms with Crippen molar-refractivity contribution in [1.82, 2.24) is 4.98 Å². The molecule has 0 atom stereocenters. The molecule has 0 aliphatic rings. The number of benzene rings is 1. The van der Waals surface area contributed by atoms with Crippen LogP contribution in [-0.4, -0.2) is 4.98 Å². The molecule has 1 aromatic heterocycles. The van der Waals surface area contributed by atoms with Crippen LogP contribution in [0.3, 0.4) is 0 Å². The maximum atomic E-state index is 13.5. The molecule has 0 saturated carbocycles. The van der Waals surface area contributed by atoms with Crippen LogP contribution in [0.25, 0.3) is 11.1 Å². The van der Waals surface area contributed by atoms with E-state index in [1.54, 1.807) is 24.3 Å². The fraction of sp³-hybridized carbons (Fsp3) is 0.0833. The summed E-state index contributed by atoms with van der Waals surface area (Å²) in [5.41, 5.74) is 1.91. The summed E-state index contributed by atoms with van der Waals surface area (Å²) in [5, 5.41) is 0.951. The second-order valence-electron chi connectivity index (χ2n) is 3.25. The number of pyridine rings is 1. The van der Waals surface area contributed by atoms with E-state index in [1.807, 2.05) is 6.07 Å². The molecule has 0 N–H and O–H groups in total. The third-order valence-electron chi connectivity index (χ3n) is 2.21. The molecule has 2 aromatic rings. The molecule has 0 unspecified atom stereocenters. The zero-order valence-corrected chi connectivity index (χ0v) is 10.6. The molecule has 0 aliphatic heterocycles. The quantitative estimate of drug-likeness (QED) is 0.590. The maximum Gasteiger partial charge on any atom is 0.137 e. The SMILES string of the molecule is Fc1ccccc1-c1ccc(CBr)nc1Cl. The molecule has 1 heterocycles. The van der Waals surface area contributed by atoms with Gasteiger partial charge in [0, 0.05) is 16.5 Å². The standard InChI is InChI=1S/C12H8BrClFN/c13-7-8-5-6-10(12(14)16-8)9-3-1-2-4-11(9)15/h1-6H,7H2. The molecule has 0 radical (unpaired) electrons. The topological polar surface area (TPSA) is 12.9 Å². The molecule has 1 aromatic carbocycles. The number of halogens is 3. The Kier molecular flexibility index (Phi) is 3.56. The summed E-state index contributed by atoms with van der Waals surface area (Å²) in [4.78, 5) is 4.16. The minimum atomic E-state index is -0.294. The number of nitrogens with zero attached hydrogens (tertiary/aromatic N) is 1. The highest BCUT2D eigenvalue weighted by Crippen LogP contribution is 2.28. The highest BCUT2D eigenvalue weighted by Gasteiger charge is 2.09. The summed E-state index contributed by atoms with van der Waals surface area (Å²) in [6.45, 7) is 0. The van der Waals surface area contributed by atoms with E-state index in [2.05, 4.69) is 20.9 Å². The molecule has 2 rings (SSSR count). The van der Waals surface area contributed by atoms with Gasteiger partial charge in [0.25, 0.3) is 0 Å². The first-order valence-corrected chi connectivity index (χ1v) is 6.18. The molecular weight excluding hydrogens is 292 g/mol. The van der Waals surface area contributed by atoms with Gasteiger partial charge in [0.1, 0.15) is 11.0 Å². The van der Waals surface area contributed by atoms with Crippen molar-refractivity contribution in [3.63, 3.8) is 0 Å². The van der Waals surface area contributed by atoms with E-state index >= 15 is 0 Å². The van der Waals surface area contributed by atoms with Gasteiger partial charge in [0.2, 0.25) is 0 Å². The Balaban J connectivity index is 2.53. The van der Waals surface area contributed by atoms with Crippen LogP contribution in [0.2, 0.25) is 5.15 Å². The van der Waals surface area contributed by atoms with Crippen molar-refractivity contribution < 1.29 is 4.39 Å². The fourth-order valence-electron chi connectivity index (χ4n) is 1.43. The monoisotopic (exact) mass is 299 g/mol. The first kappa shape index (κ1) is 11.6. The minimum Gasteiger partial charge on any atom is -0.240 e. The van der Waals surface area contributed by atoms with Crippen LogP contribution >= 0.6 is 27.5 Å². The lowest BCUT2D eigenvalue weighted by Gasteiger charge is -2.06. The summed E-state index contributed by atoms with van der Waals surface area (Å²) >= 11 is 9.31. The van der Waals surface area contributed by atoms with E-state index in [4.69, 9.17) is 11.6 Å². The van der Waals surface area contributed by atoms with Crippen molar-refractivity contribution >= 4 is 27.5 Å². The van der Waals surface area contributed by atoms with Gasteiger partial charge in [0.15, 0.2) is 0 Å². The highest BCUT2D eigenvalue weighted by molar-refractivity contribution is 9.08. The summed E-state index contributed by atoms with van der Waals surface area (Å²) < 4.78 is 13.5. The zero-order valence-electron chi connectivity index (χ0n) is 8.25. The van der Waals surface area contributed by atoms with E-state index < -0.39 is 0 Å². The Morgan fingerprint density at radius 3 is 2.50 bits per heavy atom. The molecule has 82 valence electrons. The van der Waals surface area contributed by atoms with E-state index in [0.29, 0.717) is 21.6 Å². The third-order valence-corrected chi connectivity index (χ3v) is 3.07. The highest BCUT2D eigenvalue weighted by atomic mass is 79.9. The largest absolute Gasteiger partial charge is 0.240 e. The first-order valence-electron chi connectivity index (χ1n) is 4.68. The molecular formula is C12H8BrClFN. The van der Waals surface area contributed by atoms with E-state index in [1.165, 1.54) is 6.07 Å². The molecule has 4 heteroatoms. The number of hydrogen-bond acceptors (Lipinski definition) is 1. The number of hydrogen-bond donors (Lipinski definition) is 0. The van der Waals surface area contributed by atoms with Crippen molar-refractivity contribution in [2.75, 3.05) is 0 Å².